The zero-order valence-electron chi connectivity index (χ0n) is 14.7. The van der Waals surface area contributed by atoms with E-state index in [0.29, 0.717) is 0 Å². The smallest absolute Gasteiger partial charge is 0.433 e. The Bertz CT molecular complexity index is 957. The molecular weight excluding hydrogens is 393 g/mol. The van der Waals surface area contributed by atoms with Crippen molar-refractivity contribution in [1.29, 1.82) is 5.26 Å². The third-order valence-electron chi connectivity index (χ3n) is 3.55. The molecule has 0 radical (unpaired) electrons. The van der Waals surface area contributed by atoms with Crippen LogP contribution < -0.4 is 15.8 Å². The van der Waals surface area contributed by atoms with Crippen LogP contribution in [0.1, 0.15) is 28.0 Å². The Hall–Kier alpha value is -3.65. The fourth-order valence-corrected chi connectivity index (χ4v) is 2.24. The molecule has 0 saturated heterocycles. The molecule has 1 amide bonds. The molecule has 8 nitrogen and oxygen atoms in total. The van der Waals surface area contributed by atoms with E-state index in [9.17, 15) is 22.8 Å². The Kier molecular flexibility index (Phi) is 6.74. The van der Waals surface area contributed by atoms with Crippen molar-refractivity contribution in [2.45, 2.75) is 25.2 Å². The molecule has 0 spiro atoms. The van der Waals surface area contributed by atoms with E-state index in [1.807, 2.05) is 0 Å². The number of carboxylic acids is 1. The summed E-state index contributed by atoms with van der Waals surface area (Å²) in [7, 11) is 0. The van der Waals surface area contributed by atoms with Gasteiger partial charge in [0.25, 0.3) is 5.91 Å². The molecule has 0 aliphatic heterocycles. The fraction of sp³-hybridized carbons (Fsp3) is 0.222. The second kappa shape index (κ2) is 9.03. The minimum Gasteiger partial charge on any atom is -0.481 e. The molecule has 2 rings (SSSR count). The van der Waals surface area contributed by atoms with Gasteiger partial charge < -0.3 is 20.9 Å². The van der Waals surface area contributed by atoms with Gasteiger partial charge in [-0.2, -0.15) is 18.4 Å². The number of aliphatic carboxylic acids is 1. The number of aromatic nitrogens is 1. The zero-order valence-corrected chi connectivity index (χ0v) is 14.7. The van der Waals surface area contributed by atoms with E-state index in [1.165, 1.54) is 30.3 Å². The Labute approximate surface area is 162 Å². The number of nitrogens with two attached hydrogens (primary N) is 1. The highest BCUT2D eigenvalue weighted by Gasteiger charge is 2.33. The quantitative estimate of drug-likeness (QED) is 0.640. The van der Waals surface area contributed by atoms with Crippen molar-refractivity contribution >= 4 is 11.9 Å². The van der Waals surface area contributed by atoms with E-state index in [1.54, 1.807) is 6.07 Å². The van der Waals surface area contributed by atoms with Gasteiger partial charge in [-0.15, -0.1) is 0 Å². The van der Waals surface area contributed by atoms with Gasteiger partial charge in [-0.3, -0.25) is 9.59 Å². The molecule has 1 aromatic carbocycles. The van der Waals surface area contributed by atoms with Crippen LogP contribution in [0.5, 0.6) is 11.6 Å². The van der Waals surface area contributed by atoms with Gasteiger partial charge in [0, 0.05) is 18.2 Å². The molecule has 0 bridgehead atoms. The highest BCUT2D eigenvalue weighted by Crippen LogP contribution is 2.31. The number of carbonyl (C=O) groups is 2. The maximum absolute atomic E-state index is 13.0. The minimum absolute atomic E-state index is 0.0131. The topological polar surface area (TPSA) is 138 Å². The number of hydrogen-bond acceptors (Lipinski definition) is 6. The third kappa shape index (κ3) is 6.18. The van der Waals surface area contributed by atoms with Crippen molar-refractivity contribution in [3.05, 3.63) is 53.2 Å². The lowest BCUT2D eigenvalue weighted by atomic mass is 10.1. The van der Waals surface area contributed by atoms with E-state index in [-0.39, 0.29) is 29.3 Å². The van der Waals surface area contributed by atoms with Crippen molar-refractivity contribution in [2.75, 3.05) is 0 Å². The molecule has 1 heterocycles. The lowest BCUT2D eigenvalue weighted by Gasteiger charge is -2.12. The number of pyridine rings is 1. The van der Waals surface area contributed by atoms with Crippen molar-refractivity contribution < 1.29 is 32.6 Å². The first-order valence-electron chi connectivity index (χ1n) is 8.10. The van der Waals surface area contributed by atoms with Crippen LogP contribution >= 0.6 is 0 Å². The second-order valence-electron chi connectivity index (χ2n) is 5.78. The highest BCUT2D eigenvalue weighted by atomic mass is 19.4. The van der Waals surface area contributed by atoms with Gasteiger partial charge in [0.05, 0.1) is 12.5 Å². The first-order valence-corrected chi connectivity index (χ1v) is 8.10. The summed E-state index contributed by atoms with van der Waals surface area (Å²) in [6.45, 7) is -0.163. The largest absolute Gasteiger partial charge is 0.481 e. The summed E-state index contributed by atoms with van der Waals surface area (Å²) in [5, 5.41) is 19.8. The number of hydrogen-bond donors (Lipinski definition) is 3. The van der Waals surface area contributed by atoms with Crippen LogP contribution in [0.3, 0.4) is 0 Å². The maximum atomic E-state index is 13.0. The summed E-state index contributed by atoms with van der Waals surface area (Å²) in [4.78, 5) is 26.3. The van der Waals surface area contributed by atoms with Gasteiger partial charge in [0.2, 0.25) is 5.88 Å². The number of nitriles is 1. The van der Waals surface area contributed by atoms with E-state index in [2.05, 4.69) is 10.3 Å². The summed E-state index contributed by atoms with van der Waals surface area (Å²) in [6, 6.07) is 7.82. The molecule has 1 aromatic heterocycles. The standard InChI is InChI=1S/C18H15F3N4O4/c19-18(20,21)14-4-10(8-22)5-15(25-14)29-13-3-1-2-11(6-13)17(28)24-12(9-23)7-16(26)27/h1-6,12H,7-8,22H2,(H,24,28)(H,26,27)/t12-/m1/s1. The number of rotatable bonds is 7. The summed E-state index contributed by atoms with van der Waals surface area (Å²) < 4.78 is 44.2. The highest BCUT2D eigenvalue weighted by molar-refractivity contribution is 5.95. The first kappa shape index (κ1) is 21.6. The summed E-state index contributed by atoms with van der Waals surface area (Å²) in [6.07, 6.45) is -5.28. The SMILES string of the molecule is N#C[C@@H](CC(=O)O)NC(=O)c1cccc(Oc2cc(CN)cc(C(F)(F)F)n2)c1. The number of carboxylic acid groups (broad SMARTS) is 1. The van der Waals surface area contributed by atoms with Gasteiger partial charge in [-0.05, 0) is 29.8 Å². The molecule has 152 valence electrons. The van der Waals surface area contributed by atoms with Gasteiger partial charge in [-0.25, -0.2) is 4.98 Å². The Morgan fingerprint density at radius 3 is 2.62 bits per heavy atom. The Morgan fingerprint density at radius 2 is 2.03 bits per heavy atom. The summed E-state index contributed by atoms with van der Waals surface area (Å²) in [5.41, 5.74) is 4.41. The van der Waals surface area contributed by atoms with E-state index in [4.69, 9.17) is 20.8 Å². The maximum Gasteiger partial charge on any atom is 0.433 e. The minimum atomic E-state index is -4.69. The lowest BCUT2D eigenvalue weighted by molar-refractivity contribution is -0.141. The number of nitrogens with one attached hydrogen (secondary N) is 1. The van der Waals surface area contributed by atoms with Crippen LogP contribution in [0, 0.1) is 11.3 Å². The van der Waals surface area contributed by atoms with E-state index >= 15 is 0 Å². The average Bonchev–Trinajstić information content (AvgIpc) is 2.66. The number of halogens is 3. The van der Waals surface area contributed by atoms with Crippen LogP contribution in [0.2, 0.25) is 0 Å². The predicted octanol–water partition coefficient (Wildman–Crippen LogP) is 2.45. The van der Waals surface area contributed by atoms with Crippen LogP contribution in [0.15, 0.2) is 36.4 Å². The normalized spacial score (nSPS) is 12.0. The van der Waals surface area contributed by atoms with Crippen LogP contribution in [-0.2, 0) is 17.5 Å². The number of carbonyl (C=O) groups excluding carboxylic acids is 1. The van der Waals surface area contributed by atoms with Crippen molar-refractivity contribution in [2.24, 2.45) is 5.73 Å². The van der Waals surface area contributed by atoms with E-state index in [0.717, 1.165) is 6.07 Å². The second-order valence-corrected chi connectivity index (χ2v) is 5.78. The molecule has 11 heteroatoms. The van der Waals surface area contributed by atoms with Crippen LogP contribution in [0.25, 0.3) is 0 Å². The van der Waals surface area contributed by atoms with Crippen LogP contribution in [0.4, 0.5) is 13.2 Å². The molecule has 4 N–H and O–H groups in total. The fourth-order valence-electron chi connectivity index (χ4n) is 2.24. The van der Waals surface area contributed by atoms with Gasteiger partial charge in [0.15, 0.2) is 0 Å². The predicted molar refractivity (Wildman–Crippen MR) is 92.8 cm³/mol. The Balaban J connectivity index is 2.23. The zero-order chi connectivity index (χ0) is 21.6. The third-order valence-corrected chi connectivity index (χ3v) is 3.55. The number of nitrogens with zero attached hydrogens (tertiary/aromatic N) is 2. The first-order chi connectivity index (χ1) is 13.6. The molecule has 29 heavy (non-hydrogen) atoms. The molecule has 0 fully saturated rings. The van der Waals surface area contributed by atoms with Crippen molar-refractivity contribution in [3.63, 3.8) is 0 Å². The molecule has 0 unspecified atom stereocenters. The number of alkyl halides is 3. The number of ether oxygens (including phenoxy) is 1. The molecule has 0 aliphatic carbocycles. The van der Waals surface area contributed by atoms with Crippen molar-refractivity contribution in [1.82, 2.24) is 10.3 Å². The molecule has 0 saturated carbocycles. The van der Waals surface area contributed by atoms with Crippen LogP contribution in [-0.4, -0.2) is 28.0 Å². The molecule has 0 aliphatic rings. The number of benzene rings is 1. The van der Waals surface area contributed by atoms with E-state index < -0.39 is 36.2 Å². The molecule has 2 aromatic rings. The van der Waals surface area contributed by atoms with Gasteiger partial charge >= 0.3 is 12.1 Å². The molecule has 1 atom stereocenters. The molecular formula is C18H15F3N4O4. The average molecular weight is 408 g/mol. The summed E-state index contributed by atoms with van der Waals surface area (Å²) in [5.74, 6) is -2.36. The number of amides is 1. The van der Waals surface area contributed by atoms with Gasteiger partial charge in [-0.1, -0.05) is 6.07 Å². The summed E-state index contributed by atoms with van der Waals surface area (Å²) >= 11 is 0. The Morgan fingerprint density at radius 1 is 1.31 bits per heavy atom. The van der Waals surface area contributed by atoms with Crippen molar-refractivity contribution in [3.8, 4) is 17.7 Å². The monoisotopic (exact) mass is 408 g/mol. The lowest BCUT2D eigenvalue weighted by Crippen LogP contribution is -2.35. The van der Waals surface area contributed by atoms with Gasteiger partial charge in [0.1, 0.15) is 17.5 Å².